The number of carbonyl (C=O) groups is 3. The van der Waals surface area contributed by atoms with Crippen LogP contribution in [0.1, 0.15) is 51.2 Å². The number of benzene rings is 2. The van der Waals surface area contributed by atoms with E-state index in [1.54, 1.807) is 11.8 Å². The van der Waals surface area contributed by atoms with Gasteiger partial charge >= 0.3 is 12.1 Å². The molecule has 0 unspecified atom stereocenters. The third kappa shape index (κ3) is 4.77. The van der Waals surface area contributed by atoms with Crippen molar-refractivity contribution in [2.45, 2.75) is 46.1 Å². The Kier molecular flexibility index (Phi) is 6.88. The molecule has 1 aliphatic carbocycles. The number of nitrogens with one attached hydrogen (secondary N) is 1. The maximum atomic E-state index is 13.3. The second kappa shape index (κ2) is 9.72. The molecule has 4 rings (SSSR count). The molecule has 1 saturated heterocycles. The van der Waals surface area contributed by atoms with Gasteiger partial charge in [-0.2, -0.15) is 0 Å². The summed E-state index contributed by atoms with van der Waals surface area (Å²) in [6, 6.07) is 15.5. The van der Waals surface area contributed by atoms with Gasteiger partial charge in [-0.15, -0.1) is 0 Å². The Bertz CT molecular complexity index is 1080. The van der Waals surface area contributed by atoms with E-state index >= 15 is 0 Å². The van der Waals surface area contributed by atoms with Gasteiger partial charge in [-0.25, -0.2) is 4.79 Å². The third-order valence-electron chi connectivity index (χ3n) is 7.54. The van der Waals surface area contributed by atoms with Gasteiger partial charge in [-0.05, 0) is 47.4 Å². The lowest BCUT2D eigenvalue weighted by molar-refractivity contribution is -0.149. The van der Waals surface area contributed by atoms with Gasteiger partial charge in [-0.3, -0.25) is 9.59 Å². The Morgan fingerprint density at radius 1 is 1.09 bits per heavy atom. The van der Waals surface area contributed by atoms with Gasteiger partial charge in [0.1, 0.15) is 12.6 Å². The first-order valence-corrected chi connectivity index (χ1v) is 12.3. The van der Waals surface area contributed by atoms with Crippen molar-refractivity contribution in [1.29, 1.82) is 0 Å². The van der Waals surface area contributed by atoms with Gasteiger partial charge in [-0.1, -0.05) is 69.3 Å². The Morgan fingerprint density at radius 3 is 2.17 bits per heavy atom. The van der Waals surface area contributed by atoms with Crippen molar-refractivity contribution in [2.24, 2.45) is 17.3 Å². The highest BCUT2D eigenvalue weighted by atomic mass is 16.5. The van der Waals surface area contributed by atoms with E-state index < -0.39 is 23.5 Å². The smallest absolute Gasteiger partial charge is 0.407 e. The fourth-order valence-corrected chi connectivity index (χ4v) is 5.29. The first-order valence-electron chi connectivity index (χ1n) is 12.3. The van der Waals surface area contributed by atoms with E-state index in [4.69, 9.17) is 4.74 Å². The SMILES string of the molecule is CC(C)C[C@@H](NC(=O)OCC1c2ccccc2-c2ccccc21)C(=O)N1C[C@H](C)[C@@](C)(C(=O)O)C1. The summed E-state index contributed by atoms with van der Waals surface area (Å²) in [5.74, 6) is -1.26. The zero-order valence-electron chi connectivity index (χ0n) is 20.8. The molecular formula is C28H34N2O5. The summed E-state index contributed by atoms with van der Waals surface area (Å²) >= 11 is 0. The molecule has 3 atom stereocenters. The molecule has 0 saturated carbocycles. The van der Waals surface area contributed by atoms with Crippen LogP contribution in [0.15, 0.2) is 48.5 Å². The topological polar surface area (TPSA) is 95.9 Å². The number of aliphatic carboxylic acids is 1. The van der Waals surface area contributed by atoms with Gasteiger partial charge < -0.3 is 20.1 Å². The average Bonchev–Trinajstić information content (AvgIpc) is 3.31. The quantitative estimate of drug-likeness (QED) is 0.611. The van der Waals surface area contributed by atoms with Crippen molar-refractivity contribution in [3.05, 3.63) is 59.7 Å². The van der Waals surface area contributed by atoms with Crippen LogP contribution in [0.4, 0.5) is 4.79 Å². The lowest BCUT2D eigenvalue weighted by atomic mass is 9.81. The summed E-state index contributed by atoms with van der Waals surface area (Å²) in [4.78, 5) is 39.5. The van der Waals surface area contributed by atoms with Crippen LogP contribution in [-0.2, 0) is 14.3 Å². The van der Waals surface area contributed by atoms with Crippen LogP contribution < -0.4 is 5.32 Å². The molecule has 0 bridgehead atoms. The molecule has 186 valence electrons. The molecular weight excluding hydrogens is 444 g/mol. The zero-order valence-corrected chi connectivity index (χ0v) is 20.8. The van der Waals surface area contributed by atoms with Crippen LogP contribution in [0.5, 0.6) is 0 Å². The Hall–Kier alpha value is -3.35. The minimum absolute atomic E-state index is 0.0666. The zero-order chi connectivity index (χ0) is 25.3. The first kappa shape index (κ1) is 24.8. The summed E-state index contributed by atoms with van der Waals surface area (Å²) in [6.07, 6.45) is -0.198. The Balaban J connectivity index is 1.44. The summed E-state index contributed by atoms with van der Waals surface area (Å²) in [6.45, 7) is 8.12. The minimum Gasteiger partial charge on any atom is -0.481 e. The van der Waals surface area contributed by atoms with E-state index in [1.165, 1.54) is 0 Å². The second-order valence-corrected chi connectivity index (χ2v) is 10.5. The maximum absolute atomic E-state index is 13.3. The molecule has 2 aromatic carbocycles. The van der Waals surface area contributed by atoms with Gasteiger partial charge in [0.05, 0.1) is 5.41 Å². The number of alkyl carbamates (subject to hydrolysis) is 1. The number of ether oxygens (including phenoxy) is 1. The lowest BCUT2D eigenvalue weighted by Crippen LogP contribution is -2.49. The number of likely N-dealkylation sites (tertiary alicyclic amines) is 1. The molecule has 1 fully saturated rings. The summed E-state index contributed by atoms with van der Waals surface area (Å²) in [5.41, 5.74) is 3.54. The van der Waals surface area contributed by atoms with Crippen molar-refractivity contribution in [2.75, 3.05) is 19.7 Å². The number of amides is 2. The molecule has 1 aliphatic heterocycles. The number of carboxylic acid groups (broad SMARTS) is 1. The third-order valence-corrected chi connectivity index (χ3v) is 7.54. The average molecular weight is 479 g/mol. The molecule has 2 aromatic rings. The maximum Gasteiger partial charge on any atom is 0.407 e. The van der Waals surface area contributed by atoms with Crippen molar-refractivity contribution in [3.8, 4) is 11.1 Å². The molecule has 35 heavy (non-hydrogen) atoms. The number of fused-ring (bicyclic) bond motifs is 3. The van der Waals surface area contributed by atoms with Crippen molar-refractivity contribution in [1.82, 2.24) is 10.2 Å². The highest BCUT2D eigenvalue weighted by molar-refractivity contribution is 5.87. The van der Waals surface area contributed by atoms with Crippen molar-refractivity contribution in [3.63, 3.8) is 0 Å². The predicted octanol–water partition coefficient (Wildman–Crippen LogP) is 4.51. The van der Waals surface area contributed by atoms with Gasteiger partial charge in [0, 0.05) is 19.0 Å². The standard InChI is InChI=1S/C28H34N2O5/c1-17(2)13-24(25(31)30-14-18(3)28(4,16-30)26(32)33)29-27(34)35-15-23-21-11-7-5-9-19(21)20-10-6-8-12-22(20)23/h5-12,17-18,23-24H,13-16H2,1-4H3,(H,29,34)(H,32,33)/t18-,24+,28-/m0/s1. The van der Waals surface area contributed by atoms with Crippen molar-refractivity contribution >= 4 is 18.0 Å². The van der Waals surface area contributed by atoms with E-state index in [9.17, 15) is 19.5 Å². The molecule has 0 spiro atoms. The number of hydrogen-bond acceptors (Lipinski definition) is 4. The number of carboxylic acids is 1. The minimum atomic E-state index is -0.998. The molecule has 0 radical (unpaired) electrons. The highest BCUT2D eigenvalue weighted by Gasteiger charge is 2.48. The largest absolute Gasteiger partial charge is 0.481 e. The summed E-state index contributed by atoms with van der Waals surface area (Å²) in [7, 11) is 0. The van der Waals surface area contributed by atoms with Gasteiger partial charge in [0.15, 0.2) is 0 Å². The molecule has 7 heteroatoms. The molecule has 2 amide bonds. The fourth-order valence-electron chi connectivity index (χ4n) is 5.29. The van der Waals surface area contributed by atoms with E-state index in [0.717, 1.165) is 22.3 Å². The molecule has 1 heterocycles. The van der Waals surface area contributed by atoms with Crippen LogP contribution in [0.2, 0.25) is 0 Å². The molecule has 0 aromatic heterocycles. The van der Waals surface area contributed by atoms with E-state index in [0.29, 0.717) is 13.0 Å². The number of nitrogens with zero attached hydrogens (tertiary/aromatic N) is 1. The van der Waals surface area contributed by atoms with Gasteiger partial charge in [0.25, 0.3) is 0 Å². The number of rotatable bonds is 7. The van der Waals surface area contributed by atoms with Crippen LogP contribution >= 0.6 is 0 Å². The van der Waals surface area contributed by atoms with Crippen LogP contribution in [-0.4, -0.2) is 53.7 Å². The molecule has 2 aliphatic rings. The van der Waals surface area contributed by atoms with Crippen molar-refractivity contribution < 1.29 is 24.2 Å². The van der Waals surface area contributed by atoms with Gasteiger partial charge in [0.2, 0.25) is 5.91 Å². The van der Waals surface area contributed by atoms with Crippen LogP contribution in [0.25, 0.3) is 11.1 Å². The number of hydrogen-bond donors (Lipinski definition) is 2. The van der Waals surface area contributed by atoms with E-state index in [1.807, 2.05) is 45.0 Å². The normalized spacial score (nSPS) is 22.0. The number of carbonyl (C=O) groups excluding carboxylic acids is 2. The second-order valence-electron chi connectivity index (χ2n) is 10.5. The molecule has 2 N–H and O–H groups in total. The van der Waals surface area contributed by atoms with Crippen LogP contribution in [0.3, 0.4) is 0 Å². The monoisotopic (exact) mass is 478 g/mol. The lowest BCUT2D eigenvalue weighted by Gasteiger charge is -2.26. The Labute approximate surface area is 206 Å². The van der Waals surface area contributed by atoms with Crippen LogP contribution in [0, 0.1) is 17.3 Å². The van der Waals surface area contributed by atoms with E-state index in [-0.39, 0.29) is 36.8 Å². The summed E-state index contributed by atoms with van der Waals surface area (Å²) in [5, 5.41) is 12.4. The fraction of sp³-hybridized carbons (Fsp3) is 0.464. The Morgan fingerprint density at radius 2 is 1.66 bits per heavy atom. The van der Waals surface area contributed by atoms with E-state index in [2.05, 4.69) is 29.6 Å². The summed E-state index contributed by atoms with van der Waals surface area (Å²) < 4.78 is 5.65. The predicted molar refractivity (Wildman–Crippen MR) is 133 cm³/mol. The first-order chi connectivity index (χ1) is 16.6. The molecule has 7 nitrogen and oxygen atoms in total. The highest BCUT2D eigenvalue weighted by Crippen LogP contribution is 2.44.